The monoisotopic (exact) mass is 450 g/mol. The molecule has 1 aromatic heterocycles. The van der Waals surface area contributed by atoms with Crippen LogP contribution in [0.4, 0.5) is 0 Å². The fourth-order valence-electron chi connectivity index (χ4n) is 3.03. The molecule has 0 saturated carbocycles. The normalized spacial score (nSPS) is 13.9. The van der Waals surface area contributed by atoms with Crippen LogP contribution in [0.25, 0.3) is 10.9 Å². The van der Waals surface area contributed by atoms with Gasteiger partial charge in [0.2, 0.25) is 11.8 Å². The average molecular weight is 451 g/mol. The molecule has 1 heterocycles. The van der Waals surface area contributed by atoms with Gasteiger partial charge >= 0.3 is 11.9 Å². The number of rotatable bonds is 12. The molecular weight excluding hydrogens is 424 g/mol. The number of nitrogens with two attached hydrogens (primary N) is 1. The molecule has 2 rings (SSSR count). The van der Waals surface area contributed by atoms with Gasteiger partial charge in [-0.1, -0.05) is 18.2 Å². The minimum atomic E-state index is -1.63. The van der Waals surface area contributed by atoms with Gasteiger partial charge in [0.1, 0.15) is 12.1 Å². The molecule has 0 aliphatic rings. The Morgan fingerprint density at radius 1 is 1.10 bits per heavy atom. The summed E-state index contributed by atoms with van der Waals surface area (Å²) in [5.74, 6) is -3.54. The van der Waals surface area contributed by atoms with Crippen LogP contribution in [0.2, 0.25) is 0 Å². The van der Waals surface area contributed by atoms with Crippen molar-refractivity contribution in [1.29, 1.82) is 0 Å². The number of thioether (sulfide) groups is 1. The Morgan fingerprint density at radius 2 is 1.77 bits per heavy atom. The average Bonchev–Trinajstić information content (AvgIpc) is 3.13. The second kappa shape index (κ2) is 11.4. The van der Waals surface area contributed by atoms with Gasteiger partial charge in [-0.05, 0) is 30.1 Å². The fraction of sp³-hybridized carbons (Fsp3) is 0.400. The number of H-pyrrole nitrogens is 1. The number of aromatic nitrogens is 1. The lowest BCUT2D eigenvalue weighted by Crippen LogP contribution is -2.55. The van der Waals surface area contributed by atoms with Crippen LogP contribution in [0.15, 0.2) is 30.5 Å². The molecule has 1 aromatic carbocycles. The number of para-hydroxylation sites is 1. The van der Waals surface area contributed by atoms with Gasteiger partial charge in [-0.25, -0.2) is 4.79 Å². The Morgan fingerprint density at radius 3 is 2.42 bits per heavy atom. The molecule has 31 heavy (non-hydrogen) atoms. The summed E-state index contributed by atoms with van der Waals surface area (Å²) < 4.78 is 0. The van der Waals surface area contributed by atoms with Crippen molar-refractivity contribution in [2.24, 2.45) is 5.73 Å². The SMILES string of the molecule is CSCC[C@H](N)C(=O)N[C@@H](Cc1c[nH]c2ccccc12)C(=O)N[C@@H](CC(=O)O)C(=O)O. The van der Waals surface area contributed by atoms with Crippen LogP contribution in [0.1, 0.15) is 18.4 Å². The van der Waals surface area contributed by atoms with Crippen molar-refractivity contribution in [3.63, 3.8) is 0 Å². The molecule has 168 valence electrons. The number of hydrogen-bond acceptors (Lipinski definition) is 6. The lowest BCUT2D eigenvalue weighted by Gasteiger charge is -2.22. The van der Waals surface area contributed by atoms with Gasteiger partial charge in [0.25, 0.3) is 0 Å². The van der Waals surface area contributed by atoms with Gasteiger partial charge < -0.3 is 31.6 Å². The summed E-state index contributed by atoms with van der Waals surface area (Å²) in [4.78, 5) is 50.7. The first-order valence-electron chi connectivity index (χ1n) is 9.57. The van der Waals surface area contributed by atoms with Crippen LogP contribution < -0.4 is 16.4 Å². The molecule has 10 nitrogen and oxygen atoms in total. The summed E-state index contributed by atoms with van der Waals surface area (Å²) in [6.45, 7) is 0. The van der Waals surface area contributed by atoms with Gasteiger partial charge in [0, 0.05) is 23.5 Å². The molecule has 11 heteroatoms. The number of aliphatic carboxylic acids is 2. The molecule has 0 aliphatic heterocycles. The molecular formula is C20H26N4O6S. The van der Waals surface area contributed by atoms with Gasteiger partial charge in [-0.15, -0.1) is 0 Å². The number of benzene rings is 1. The zero-order valence-corrected chi connectivity index (χ0v) is 17.8. The molecule has 0 bridgehead atoms. The third-order valence-corrected chi connectivity index (χ3v) is 5.34. The van der Waals surface area contributed by atoms with E-state index in [1.54, 1.807) is 6.20 Å². The van der Waals surface area contributed by atoms with E-state index in [9.17, 15) is 24.3 Å². The molecule has 3 atom stereocenters. The Labute approximate surface area is 182 Å². The summed E-state index contributed by atoms with van der Waals surface area (Å²) in [5.41, 5.74) is 7.47. The quantitative estimate of drug-likeness (QED) is 0.268. The van der Waals surface area contributed by atoms with Crippen LogP contribution in [0.3, 0.4) is 0 Å². The highest BCUT2D eigenvalue weighted by molar-refractivity contribution is 7.98. The van der Waals surface area contributed by atoms with E-state index >= 15 is 0 Å². The predicted molar refractivity (Wildman–Crippen MR) is 117 cm³/mol. The third kappa shape index (κ3) is 7.00. The van der Waals surface area contributed by atoms with E-state index in [0.717, 1.165) is 16.5 Å². The Balaban J connectivity index is 2.23. The first-order valence-corrected chi connectivity index (χ1v) is 11.0. The van der Waals surface area contributed by atoms with Crippen LogP contribution in [0, 0.1) is 0 Å². The van der Waals surface area contributed by atoms with E-state index in [2.05, 4.69) is 15.6 Å². The highest BCUT2D eigenvalue weighted by Crippen LogP contribution is 2.19. The van der Waals surface area contributed by atoms with Crippen molar-refractivity contribution in [2.75, 3.05) is 12.0 Å². The molecule has 2 aromatic rings. The predicted octanol–water partition coefficient (Wildman–Crippen LogP) is 0.320. The number of carboxylic acid groups (broad SMARTS) is 2. The number of carbonyl (C=O) groups is 4. The fourth-order valence-corrected chi connectivity index (χ4v) is 3.52. The second-order valence-corrected chi connectivity index (χ2v) is 8.00. The minimum absolute atomic E-state index is 0.0657. The van der Waals surface area contributed by atoms with E-state index < -0.39 is 48.3 Å². The van der Waals surface area contributed by atoms with Gasteiger partial charge in [-0.3, -0.25) is 14.4 Å². The van der Waals surface area contributed by atoms with Crippen molar-refractivity contribution < 1.29 is 29.4 Å². The van der Waals surface area contributed by atoms with Crippen molar-refractivity contribution in [3.05, 3.63) is 36.0 Å². The van der Waals surface area contributed by atoms with Gasteiger partial charge in [0.05, 0.1) is 12.5 Å². The largest absolute Gasteiger partial charge is 0.481 e. The molecule has 0 radical (unpaired) electrons. The maximum Gasteiger partial charge on any atom is 0.326 e. The van der Waals surface area contributed by atoms with Crippen molar-refractivity contribution in [1.82, 2.24) is 15.6 Å². The number of aromatic amines is 1. The molecule has 0 aliphatic carbocycles. The van der Waals surface area contributed by atoms with E-state index in [4.69, 9.17) is 10.8 Å². The van der Waals surface area contributed by atoms with Gasteiger partial charge in [-0.2, -0.15) is 11.8 Å². The molecule has 2 amide bonds. The number of carbonyl (C=O) groups excluding carboxylic acids is 2. The molecule has 0 spiro atoms. The highest BCUT2D eigenvalue weighted by Gasteiger charge is 2.29. The second-order valence-electron chi connectivity index (χ2n) is 7.01. The molecule has 0 unspecified atom stereocenters. The lowest BCUT2D eigenvalue weighted by molar-refractivity contribution is -0.147. The number of carboxylic acids is 2. The van der Waals surface area contributed by atoms with E-state index in [1.807, 2.05) is 30.5 Å². The standard InChI is InChI=1S/C20H26N4O6S/c1-31-7-6-13(21)18(27)23-15(19(28)24-16(20(29)30)9-17(25)26)8-11-10-22-14-5-3-2-4-12(11)14/h2-5,10,13,15-16,22H,6-9,21H2,1H3,(H,23,27)(H,24,28)(H,25,26)(H,29,30)/t13-,15-,16-/m0/s1. The maximum atomic E-state index is 12.8. The summed E-state index contributed by atoms with van der Waals surface area (Å²) in [6, 6.07) is 3.80. The number of hydrogen-bond donors (Lipinski definition) is 6. The number of amides is 2. The van der Waals surface area contributed by atoms with Crippen LogP contribution in [-0.2, 0) is 25.6 Å². The molecule has 7 N–H and O–H groups in total. The maximum absolute atomic E-state index is 12.8. The van der Waals surface area contributed by atoms with Crippen LogP contribution >= 0.6 is 11.8 Å². The van der Waals surface area contributed by atoms with Crippen molar-refractivity contribution in [2.45, 2.75) is 37.4 Å². The summed E-state index contributed by atoms with van der Waals surface area (Å²) in [7, 11) is 0. The summed E-state index contributed by atoms with van der Waals surface area (Å²) >= 11 is 1.53. The lowest BCUT2D eigenvalue weighted by atomic mass is 10.0. The molecule has 0 saturated heterocycles. The Hall–Kier alpha value is -3.05. The first kappa shape index (κ1) is 24.2. The van der Waals surface area contributed by atoms with Crippen LogP contribution in [-0.4, -0.2) is 69.1 Å². The van der Waals surface area contributed by atoms with Crippen LogP contribution in [0.5, 0.6) is 0 Å². The number of nitrogens with one attached hydrogen (secondary N) is 3. The zero-order chi connectivity index (χ0) is 23.0. The first-order chi connectivity index (χ1) is 14.7. The number of fused-ring (bicyclic) bond motifs is 1. The zero-order valence-electron chi connectivity index (χ0n) is 17.0. The summed E-state index contributed by atoms with van der Waals surface area (Å²) in [5, 5.41) is 23.8. The minimum Gasteiger partial charge on any atom is -0.481 e. The smallest absolute Gasteiger partial charge is 0.326 e. The topological polar surface area (TPSA) is 175 Å². The Bertz CT molecular complexity index is 947. The molecule has 0 fully saturated rings. The van der Waals surface area contributed by atoms with E-state index in [-0.39, 0.29) is 6.42 Å². The van der Waals surface area contributed by atoms with Gasteiger partial charge in [0.15, 0.2) is 0 Å². The third-order valence-electron chi connectivity index (χ3n) is 4.70. The van der Waals surface area contributed by atoms with Crippen molar-refractivity contribution >= 4 is 46.4 Å². The Kier molecular flexibility index (Phi) is 8.88. The van der Waals surface area contributed by atoms with E-state index in [1.165, 1.54) is 11.8 Å². The highest BCUT2D eigenvalue weighted by atomic mass is 32.2. The van der Waals surface area contributed by atoms with E-state index in [0.29, 0.717) is 12.2 Å². The van der Waals surface area contributed by atoms with Crippen molar-refractivity contribution in [3.8, 4) is 0 Å². The summed E-state index contributed by atoms with van der Waals surface area (Å²) in [6.07, 6.45) is 3.27.